The normalized spacial score (nSPS) is 22.1. The molecule has 1 fully saturated rings. The monoisotopic (exact) mass is 294 g/mol. The maximum atomic E-state index is 12.4. The first-order valence-corrected chi connectivity index (χ1v) is 6.64. The number of carbonyl (C=O) groups excluding carboxylic acids is 1. The van der Waals surface area contributed by atoms with Gasteiger partial charge in [-0.15, -0.1) is 0 Å². The molecule has 114 valence electrons. The van der Waals surface area contributed by atoms with Crippen LogP contribution in [0.25, 0.3) is 0 Å². The Hall–Kier alpha value is -1.99. The Morgan fingerprint density at radius 1 is 1.48 bits per heavy atom. The second kappa shape index (κ2) is 6.64. The van der Waals surface area contributed by atoms with Crippen LogP contribution in [0.15, 0.2) is 18.3 Å². The van der Waals surface area contributed by atoms with E-state index < -0.39 is 5.97 Å². The number of hydrogen-bond acceptors (Lipinski definition) is 5. The second-order valence-electron chi connectivity index (χ2n) is 4.97. The molecule has 21 heavy (non-hydrogen) atoms. The van der Waals surface area contributed by atoms with Crippen LogP contribution in [0.5, 0.6) is 0 Å². The molecule has 1 aliphatic rings. The van der Waals surface area contributed by atoms with Crippen LogP contribution in [0.1, 0.15) is 27.8 Å². The average molecular weight is 294 g/mol. The predicted octanol–water partition coefficient (Wildman–Crippen LogP) is 0.656. The largest absolute Gasteiger partial charge is 0.477 e. The number of ether oxygens (including phenoxy) is 2. The van der Waals surface area contributed by atoms with Gasteiger partial charge in [0, 0.05) is 26.4 Å². The van der Waals surface area contributed by atoms with Crippen LogP contribution in [-0.2, 0) is 9.47 Å². The molecular weight excluding hydrogens is 276 g/mol. The fourth-order valence-electron chi connectivity index (χ4n) is 2.32. The summed E-state index contributed by atoms with van der Waals surface area (Å²) in [7, 11) is 1.59. The molecule has 1 amide bonds. The number of rotatable bonds is 4. The van der Waals surface area contributed by atoms with E-state index in [-0.39, 0.29) is 23.8 Å². The van der Waals surface area contributed by atoms with E-state index in [9.17, 15) is 9.59 Å². The van der Waals surface area contributed by atoms with Gasteiger partial charge in [-0.25, -0.2) is 9.78 Å². The first-order chi connectivity index (χ1) is 10.0. The molecule has 0 spiro atoms. The fraction of sp³-hybridized carbons (Fsp3) is 0.500. The third-order valence-electron chi connectivity index (χ3n) is 3.20. The number of carbonyl (C=O) groups is 2. The summed E-state index contributed by atoms with van der Waals surface area (Å²) in [6, 6.07) is 2.80. The van der Waals surface area contributed by atoms with Crippen molar-refractivity contribution in [3.8, 4) is 0 Å². The van der Waals surface area contributed by atoms with Crippen LogP contribution in [0.4, 0.5) is 0 Å². The number of carboxylic acids is 1. The van der Waals surface area contributed by atoms with Crippen molar-refractivity contribution >= 4 is 11.9 Å². The number of morpholine rings is 1. The van der Waals surface area contributed by atoms with Gasteiger partial charge in [0.2, 0.25) is 0 Å². The summed E-state index contributed by atoms with van der Waals surface area (Å²) in [6.07, 6.45) is 1.06. The number of nitrogens with zero attached hydrogens (tertiary/aromatic N) is 2. The molecule has 2 rings (SSSR count). The molecule has 1 N–H and O–H groups in total. The molecule has 1 aromatic heterocycles. The van der Waals surface area contributed by atoms with Crippen LogP contribution in [0.2, 0.25) is 0 Å². The van der Waals surface area contributed by atoms with E-state index in [1.807, 2.05) is 6.92 Å². The lowest BCUT2D eigenvalue weighted by Crippen LogP contribution is -2.50. The van der Waals surface area contributed by atoms with Crippen LogP contribution in [0, 0.1) is 0 Å². The smallest absolute Gasteiger partial charge is 0.354 e. The quantitative estimate of drug-likeness (QED) is 0.877. The SMILES string of the molecule is COCC1CN(C(=O)c2ccc(C(=O)O)nc2)CC(C)O1. The highest BCUT2D eigenvalue weighted by atomic mass is 16.5. The van der Waals surface area contributed by atoms with Crippen LogP contribution >= 0.6 is 0 Å². The lowest BCUT2D eigenvalue weighted by atomic mass is 10.1. The number of pyridine rings is 1. The van der Waals surface area contributed by atoms with Gasteiger partial charge in [-0.3, -0.25) is 4.79 Å². The van der Waals surface area contributed by atoms with Crippen molar-refractivity contribution in [2.75, 3.05) is 26.8 Å². The molecule has 0 aromatic carbocycles. The van der Waals surface area contributed by atoms with Crippen molar-refractivity contribution in [3.63, 3.8) is 0 Å². The number of aromatic carboxylic acids is 1. The van der Waals surface area contributed by atoms with E-state index in [0.717, 1.165) is 0 Å². The number of amides is 1. The molecule has 1 aromatic rings. The number of methoxy groups -OCH3 is 1. The molecule has 2 heterocycles. The van der Waals surface area contributed by atoms with Crippen LogP contribution in [0.3, 0.4) is 0 Å². The Bertz CT molecular complexity index is 517. The molecule has 0 radical (unpaired) electrons. The van der Waals surface area contributed by atoms with Gasteiger partial charge in [-0.05, 0) is 19.1 Å². The van der Waals surface area contributed by atoms with E-state index in [1.54, 1.807) is 12.0 Å². The lowest BCUT2D eigenvalue weighted by molar-refractivity contribution is -0.0918. The summed E-state index contributed by atoms with van der Waals surface area (Å²) in [6.45, 7) is 3.25. The maximum absolute atomic E-state index is 12.4. The van der Waals surface area contributed by atoms with E-state index >= 15 is 0 Å². The fourth-order valence-corrected chi connectivity index (χ4v) is 2.32. The summed E-state index contributed by atoms with van der Waals surface area (Å²) in [5.41, 5.74) is 0.282. The Kier molecular flexibility index (Phi) is 4.87. The van der Waals surface area contributed by atoms with Crippen molar-refractivity contribution in [2.24, 2.45) is 0 Å². The van der Waals surface area contributed by atoms with Gasteiger partial charge in [0.25, 0.3) is 5.91 Å². The molecule has 0 aliphatic carbocycles. The van der Waals surface area contributed by atoms with Gasteiger partial charge >= 0.3 is 5.97 Å². The zero-order valence-corrected chi connectivity index (χ0v) is 12.0. The Labute approximate surface area is 122 Å². The molecule has 7 heteroatoms. The molecule has 1 aliphatic heterocycles. The van der Waals surface area contributed by atoms with Gasteiger partial charge in [0.05, 0.1) is 24.4 Å². The van der Waals surface area contributed by atoms with E-state index in [0.29, 0.717) is 25.3 Å². The molecule has 0 bridgehead atoms. The number of hydrogen-bond donors (Lipinski definition) is 1. The molecular formula is C14H18N2O5. The molecule has 2 atom stereocenters. The third-order valence-corrected chi connectivity index (χ3v) is 3.20. The standard InChI is InChI=1S/C14H18N2O5/c1-9-6-16(7-11(21-9)8-20-2)13(17)10-3-4-12(14(18)19)15-5-10/h3-5,9,11H,6-8H2,1-2H3,(H,18,19). The van der Waals surface area contributed by atoms with Gasteiger partial charge in [0.15, 0.2) is 0 Å². The van der Waals surface area contributed by atoms with E-state index in [1.165, 1.54) is 18.3 Å². The lowest BCUT2D eigenvalue weighted by Gasteiger charge is -2.36. The van der Waals surface area contributed by atoms with Gasteiger partial charge in [-0.2, -0.15) is 0 Å². The highest BCUT2D eigenvalue weighted by Crippen LogP contribution is 2.15. The minimum Gasteiger partial charge on any atom is -0.477 e. The third kappa shape index (κ3) is 3.77. The summed E-state index contributed by atoms with van der Waals surface area (Å²) >= 11 is 0. The van der Waals surface area contributed by atoms with Gasteiger partial charge < -0.3 is 19.5 Å². The van der Waals surface area contributed by atoms with E-state index in [2.05, 4.69) is 4.98 Å². The minimum absolute atomic E-state index is 0.0749. The minimum atomic E-state index is -1.12. The zero-order chi connectivity index (χ0) is 15.4. The van der Waals surface area contributed by atoms with Gasteiger partial charge in [0.1, 0.15) is 5.69 Å². The highest BCUT2D eigenvalue weighted by Gasteiger charge is 2.29. The highest BCUT2D eigenvalue weighted by molar-refractivity contribution is 5.95. The summed E-state index contributed by atoms with van der Waals surface area (Å²) in [4.78, 5) is 28.6. The second-order valence-corrected chi connectivity index (χ2v) is 4.97. The summed E-state index contributed by atoms with van der Waals surface area (Å²) in [5, 5.41) is 8.80. The van der Waals surface area contributed by atoms with Crippen molar-refractivity contribution in [3.05, 3.63) is 29.6 Å². The number of aromatic nitrogens is 1. The summed E-state index contributed by atoms with van der Waals surface area (Å²) < 4.78 is 10.7. The topological polar surface area (TPSA) is 89.0 Å². The van der Waals surface area contributed by atoms with Crippen molar-refractivity contribution in [1.82, 2.24) is 9.88 Å². The average Bonchev–Trinajstić information content (AvgIpc) is 2.46. The van der Waals surface area contributed by atoms with Crippen molar-refractivity contribution in [1.29, 1.82) is 0 Å². The first-order valence-electron chi connectivity index (χ1n) is 6.64. The van der Waals surface area contributed by atoms with Crippen molar-refractivity contribution < 1.29 is 24.2 Å². The Morgan fingerprint density at radius 3 is 2.81 bits per heavy atom. The first kappa shape index (κ1) is 15.4. The zero-order valence-electron chi connectivity index (χ0n) is 12.0. The van der Waals surface area contributed by atoms with E-state index in [4.69, 9.17) is 14.6 Å². The summed E-state index contributed by atoms with van der Waals surface area (Å²) in [5.74, 6) is -1.30. The Morgan fingerprint density at radius 2 is 2.24 bits per heavy atom. The van der Waals surface area contributed by atoms with Crippen molar-refractivity contribution in [2.45, 2.75) is 19.1 Å². The number of carboxylic acid groups (broad SMARTS) is 1. The maximum Gasteiger partial charge on any atom is 0.354 e. The predicted molar refractivity (Wildman–Crippen MR) is 73.3 cm³/mol. The van der Waals surface area contributed by atoms with Crippen LogP contribution in [-0.4, -0.2) is 65.9 Å². The molecule has 1 saturated heterocycles. The van der Waals surface area contributed by atoms with Crippen LogP contribution < -0.4 is 0 Å². The van der Waals surface area contributed by atoms with Gasteiger partial charge in [-0.1, -0.05) is 0 Å². The Balaban J connectivity index is 2.09. The molecule has 7 nitrogen and oxygen atoms in total. The molecule has 0 saturated carbocycles. The molecule has 2 unspecified atom stereocenters.